The SMILES string of the molecule is CCCNC(=O)Nc1cccc(-c2ccc(CC(NS(=O)(=O)c3c(C)cc(C)cc3C)C(N)=O)cc2)c1. The van der Waals surface area contributed by atoms with Crippen molar-refractivity contribution in [2.45, 2.75) is 51.5 Å². The van der Waals surface area contributed by atoms with E-state index in [0.717, 1.165) is 28.7 Å². The molecule has 3 aromatic rings. The van der Waals surface area contributed by atoms with Crippen LogP contribution in [-0.4, -0.2) is 32.9 Å². The first kappa shape index (κ1) is 27.9. The van der Waals surface area contributed by atoms with Gasteiger partial charge in [-0.2, -0.15) is 4.72 Å². The van der Waals surface area contributed by atoms with Crippen LogP contribution in [0.2, 0.25) is 0 Å². The van der Waals surface area contributed by atoms with Gasteiger partial charge in [-0.05, 0) is 73.6 Å². The summed E-state index contributed by atoms with van der Waals surface area (Å²) in [5, 5.41) is 5.59. The predicted molar refractivity (Wildman–Crippen MR) is 147 cm³/mol. The zero-order chi connectivity index (χ0) is 27.2. The molecule has 0 radical (unpaired) electrons. The van der Waals surface area contributed by atoms with Crippen LogP contribution in [-0.2, 0) is 21.2 Å². The van der Waals surface area contributed by atoms with Crippen molar-refractivity contribution in [1.29, 1.82) is 0 Å². The van der Waals surface area contributed by atoms with Gasteiger partial charge < -0.3 is 16.4 Å². The lowest BCUT2D eigenvalue weighted by Crippen LogP contribution is -2.46. The van der Waals surface area contributed by atoms with Gasteiger partial charge in [0.05, 0.1) is 4.90 Å². The highest BCUT2D eigenvalue weighted by molar-refractivity contribution is 7.89. The zero-order valence-electron chi connectivity index (χ0n) is 21.6. The average molecular weight is 523 g/mol. The van der Waals surface area contributed by atoms with E-state index in [2.05, 4.69) is 15.4 Å². The fourth-order valence-corrected chi connectivity index (χ4v) is 5.95. The Labute approximate surface area is 218 Å². The normalized spacial score (nSPS) is 12.1. The van der Waals surface area contributed by atoms with Crippen LogP contribution in [0.4, 0.5) is 10.5 Å². The third-order valence-corrected chi connectivity index (χ3v) is 7.67. The summed E-state index contributed by atoms with van der Waals surface area (Å²) in [6, 6.07) is 17.1. The van der Waals surface area contributed by atoms with E-state index in [1.165, 1.54) is 0 Å². The number of carbonyl (C=O) groups excluding carboxylic acids is 2. The fourth-order valence-electron chi connectivity index (χ4n) is 4.30. The summed E-state index contributed by atoms with van der Waals surface area (Å²) in [5.74, 6) is -0.754. The molecule has 3 amide bonds. The summed E-state index contributed by atoms with van der Waals surface area (Å²) < 4.78 is 28.8. The minimum atomic E-state index is -3.97. The van der Waals surface area contributed by atoms with Gasteiger partial charge in [-0.25, -0.2) is 13.2 Å². The van der Waals surface area contributed by atoms with Gasteiger partial charge in [-0.15, -0.1) is 0 Å². The van der Waals surface area contributed by atoms with Gasteiger partial charge in [0.1, 0.15) is 6.04 Å². The van der Waals surface area contributed by atoms with Crippen molar-refractivity contribution in [2.24, 2.45) is 5.73 Å². The molecule has 196 valence electrons. The summed E-state index contributed by atoms with van der Waals surface area (Å²) in [6.45, 7) is 7.94. The number of benzene rings is 3. The van der Waals surface area contributed by atoms with Gasteiger partial charge in [0.15, 0.2) is 0 Å². The summed E-state index contributed by atoms with van der Waals surface area (Å²) in [6.07, 6.45) is 0.959. The van der Waals surface area contributed by atoms with Crippen molar-refractivity contribution in [3.63, 3.8) is 0 Å². The van der Waals surface area contributed by atoms with Crippen molar-refractivity contribution in [3.05, 3.63) is 82.9 Å². The fraction of sp³-hybridized carbons (Fsp3) is 0.286. The van der Waals surface area contributed by atoms with E-state index >= 15 is 0 Å². The molecular weight excluding hydrogens is 488 g/mol. The molecule has 0 aliphatic carbocycles. The Morgan fingerprint density at radius 2 is 1.57 bits per heavy atom. The minimum absolute atomic E-state index is 0.109. The van der Waals surface area contributed by atoms with Gasteiger partial charge in [0.2, 0.25) is 15.9 Å². The highest BCUT2D eigenvalue weighted by atomic mass is 32.2. The first-order valence-corrected chi connectivity index (χ1v) is 13.6. The quantitative estimate of drug-likeness (QED) is 0.318. The number of aryl methyl sites for hydroxylation is 3. The number of hydrogen-bond acceptors (Lipinski definition) is 4. The molecule has 37 heavy (non-hydrogen) atoms. The third-order valence-electron chi connectivity index (χ3n) is 5.90. The van der Waals surface area contributed by atoms with Crippen molar-refractivity contribution in [3.8, 4) is 11.1 Å². The van der Waals surface area contributed by atoms with Crippen molar-refractivity contribution in [2.75, 3.05) is 11.9 Å². The van der Waals surface area contributed by atoms with Crippen LogP contribution in [0.1, 0.15) is 35.6 Å². The number of anilines is 1. The maximum atomic E-state index is 13.1. The molecule has 0 heterocycles. The lowest BCUT2D eigenvalue weighted by atomic mass is 10.0. The summed E-state index contributed by atoms with van der Waals surface area (Å²) in [7, 11) is -3.97. The first-order valence-electron chi connectivity index (χ1n) is 12.1. The van der Waals surface area contributed by atoms with Gasteiger partial charge in [0.25, 0.3) is 0 Å². The molecule has 0 fully saturated rings. The van der Waals surface area contributed by atoms with Crippen LogP contribution in [0, 0.1) is 20.8 Å². The van der Waals surface area contributed by atoms with E-state index in [0.29, 0.717) is 23.4 Å². The molecule has 3 aromatic carbocycles. The number of sulfonamides is 1. The lowest BCUT2D eigenvalue weighted by Gasteiger charge is -2.19. The Balaban J connectivity index is 1.75. The Hall–Kier alpha value is -3.69. The monoisotopic (exact) mass is 522 g/mol. The maximum absolute atomic E-state index is 13.1. The number of primary amides is 1. The van der Waals surface area contributed by atoms with Crippen LogP contribution in [0.3, 0.4) is 0 Å². The number of nitrogens with two attached hydrogens (primary N) is 1. The molecule has 8 nitrogen and oxygen atoms in total. The minimum Gasteiger partial charge on any atom is -0.368 e. The van der Waals surface area contributed by atoms with E-state index in [-0.39, 0.29) is 17.3 Å². The second-order valence-corrected chi connectivity index (χ2v) is 10.8. The molecule has 0 saturated carbocycles. The second kappa shape index (κ2) is 12.0. The molecular formula is C28H34N4O4S. The summed E-state index contributed by atoms with van der Waals surface area (Å²) >= 11 is 0. The molecule has 0 aromatic heterocycles. The van der Waals surface area contributed by atoms with Crippen LogP contribution in [0.15, 0.2) is 65.6 Å². The first-order chi connectivity index (χ1) is 17.5. The predicted octanol–water partition coefficient (Wildman–Crippen LogP) is 4.19. The van der Waals surface area contributed by atoms with Crippen LogP contribution in [0.5, 0.6) is 0 Å². The van der Waals surface area contributed by atoms with Gasteiger partial charge in [0, 0.05) is 12.2 Å². The highest BCUT2D eigenvalue weighted by Crippen LogP contribution is 2.25. The average Bonchev–Trinajstić information content (AvgIpc) is 2.82. The number of amides is 3. The number of hydrogen-bond donors (Lipinski definition) is 4. The van der Waals surface area contributed by atoms with Crippen LogP contribution >= 0.6 is 0 Å². The molecule has 9 heteroatoms. The highest BCUT2D eigenvalue weighted by Gasteiger charge is 2.27. The van der Waals surface area contributed by atoms with Crippen molar-refractivity contribution >= 4 is 27.6 Å². The molecule has 0 spiro atoms. The largest absolute Gasteiger partial charge is 0.368 e. The number of urea groups is 1. The summed E-state index contributed by atoms with van der Waals surface area (Å²) in [4.78, 5) is 24.3. The van der Waals surface area contributed by atoms with E-state index in [1.54, 1.807) is 26.0 Å². The van der Waals surface area contributed by atoms with Crippen LogP contribution < -0.4 is 21.1 Å². The Kier molecular flexibility index (Phi) is 9.07. The topological polar surface area (TPSA) is 130 Å². The molecule has 0 saturated heterocycles. The molecule has 1 atom stereocenters. The lowest BCUT2D eigenvalue weighted by molar-refractivity contribution is -0.119. The molecule has 0 bridgehead atoms. The van der Waals surface area contributed by atoms with E-state index in [9.17, 15) is 18.0 Å². The summed E-state index contributed by atoms with van der Waals surface area (Å²) in [5.41, 5.74) is 11.0. The number of nitrogens with one attached hydrogen (secondary N) is 3. The third kappa shape index (κ3) is 7.41. The second-order valence-electron chi connectivity index (χ2n) is 9.17. The maximum Gasteiger partial charge on any atom is 0.319 e. The number of carbonyl (C=O) groups is 2. The Morgan fingerprint density at radius 3 is 2.16 bits per heavy atom. The van der Waals surface area contributed by atoms with Gasteiger partial charge >= 0.3 is 6.03 Å². The van der Waals surface area contributed by atoms with E-state index in [1.807, 2.05) is 62.4 Å². The Bertz CT molecular complexity index is 1360. The molecule has 0 aliphatic rings. The van der Waals surface area contributed by atoms with Crippen LogP contribution in [0.25, 0.3) is 11.1 Å². The van der Waals surface area contributed by atoms with E-state index < -0.39 is 22.0 Å². The van der Waals surface area contributed by atoms with Crippen molar-refractivity contribution in [1.82, 2.24) is 10.0 Å². The van der Waals surface area contributed by atoms with Gasteiger partial charge in [-0.1, -0.05) is 61.0 Å². The number of rotatable bonds is 10. The molecule has 1 unspecified atom stereocenters. The molecule has 0 aliphatic heterocycles. The van der Waals surface area contributed by atoms with Crippen molar-refractivity contribution < 1.29 is 18.0 Å². The zero-order valence-corrected chi connectivity index (χ0v) is 22.4. The van der Waals surface area contributed by atoms with Gasteiger partial charge in [-0.3, -0.25) is 4.79 Å². The molecule has 5 N–H and O–H groups in total. The molecule has 3 rings (SSSR count). The Morgan fingerprint density at radius 1 is 0.919 bits per heavy atom. The van der Waals surface area contributed by atoms with E-state index in [4.69, 9.17) is 5.73 Å². The smallest absolute Gasteiger partial charge is 0.319 e. The standard InChI is InChI=1S/C28H34N4O4S/c1-5-13-30-28(34)31-24-8-6-7-23(17-24)22-11-9-21(10-12-22)16-25(27(29)33)32-37(35,36)26-19(3)14-18(2)15-20(26)4/h6-12,14-15,17,25,32H,5,13,16H2,1-4H3,(H2,29,33)(H2,30,31,34).